The molecule has 0 spiro atoms. The van der Waals surface area contributed by atoms with Gasteiger partial charge in [0.25, 0.3) is 5.91 Å². The summed E-state index contributed by atoms with van der Waals surface area (Å²) in [6.45, 7) is 2.26. The number of para-hydroxylation sites is 1. The van der Waals surface area contributed by atoms with Crippen molar-refractivity contribution >= 4 is 17.5 Å². The molecule has 1 N–H and O–H groups in total. The van der Waals surface area contributed by atoms with E-state index in [0.29, 0.717) is 17.1 Å². The number of carbonyl (C=O) groups excluding carboxylic acids is 2. The highest BCUT2D eigenvalue weighted by Crippen LogP contribution is 2.61. The third-order valence-corrected chi connectivity index (χ3v) is 7.62. The molecule has 26 heavy (non-hydrogen) atoms. The molecule has 1 heterocycles. The van der Waals surface area contributed by atoms with E-state index in [4.69, 9.17) is 0 Å². The second-order valence-electron chi connectivity index (χ2n) is 9.33. The van der Waals surface area contributed by atoms with Gasteiger partial charge in [-0.1, -0.05) is 18.2 Å². The Morgan fingerprint density at radius 2 is 1.58 bits per heavy atom. The van der Waals surface area contributed by atoms with Crippen LogP contribution >= 0.6 is 0 Å². The molecule has 2 unspecified atom stereocenters. The standard InChI is InChI=1S/C22H28N2O2/c1-14(22-11-15-7-16(12-22)9-17(8-15)13-22)23-19-10-20(25)24(21(19)26)18-5-3-2-4-6-18/h2-6,14-17,19,23H,7-13H2,1H3. The number of anilines is 1. The lowest BCUT2D eigenvalue weighted by Gasteiger charge is -2.59. The Bertz CT molecular complexity index is 694. The number of nitrogens with one attached hydrogen (secondary N) is 1. The molecule has 2 atom stereocenters. The van der Waals surface area contributed by atoms with E-state index in [-0.39, 0.29) is 24.3 Å². The molecule has 2 amide bonds. The number of hydrogen-bond donors (Lipinski definition) is 1. The maximum absolute atomic E-state index is 12.9. The normalized spacial score (nSPS) is 39.7. The summed E-state index contributed by atoms with van der Waals surface area (Å²) in [5.74, 6) is 2.51. The van der Waals surface area contributed by atoms with Gasteiger partial charge in [-0.2, -0.15) is 0 Å². The fourth-order valence-corrected chi connectivity index (χ4v) is 6.80. The topological polar surface area (TPSA) is 49.4 Å². The molecule has 4 bridgehead atoms. The van der Waals surface area contributed by atoms with Crippen molar-refractivity contribution in [2.75, 3.05) is 4.90 Å². The number of amides is 2. The molecular weight excluding hydrogens is 324 g/mol. The van der Waals surface area contributed by atoms with E-state index in [1.54, 1.807) is 0 Å². The Hall–Kier alpha value is -1.68. The number of imide groups is 1. The van der Waals surface area contributed by atoms with Crippen LogP contribution in [0.4, 0.5) is 5.69 Å². The van der Waals surface area contributed by atoms with Crippen LogP contribution in [-0.2, 0) is 9.59 Å². The first-order valence-corrected chi connectivity index (χ1v) is 10.2. The van der Waals surface area contributed by atoms with Gasteiger partial charge >= 0.3 is 0 Å². The Morgan fingerprint density at radius 1 is 1.00 bits per heavy atom. The average Bonchev–Trinajstić information content (AvgIpc) is 2.88. The van der Waals surface area contributed by atoms with Gasteiger partial charge in [-0.15, -0.1) is 0 Å². The third-order valence-electron chi connectivity index (χ3n) is 7.62. The largest absolute Gasteiger partial charge is 0.302 e. The van der Waals surface area contributed by atoms with Gasteiger partial charge in [0.15, 0.2) is 0 Å². The van der Waals surface area contributed by atoms with Crippen LogP contribution < -0.4 is 10.2 Å². The smallest absolute Gasteiger partial charge is 0.251 e. The van der Waals surface area contributed by atoms with Crippen LogP contribution in [0.3, 0.4) is 0 Å². The maximum atomic E-state index is 12.9. The van der Waals surface area contributed by atoms with Crippen LogP contribution in [-0.4, -0.2) is 23.9 Å². The predicted molar refractivity (Wildman–Crippen MR) is 101 cm³/mol. The third kappa shape index (κ3) is 2.53. The van der Waals surface area contributed by atoms with Crippen LogP contribution in [0.15, 0.2) is 30.3 Å². The zero-order valence-corrected chi connectivity index (χ0v) is 15.5. The van der Waals surface area contributed by atoms with Gasteiger partial charge in [0.1, 0.15) is 0 Å². The summed E-state index contributed by atoms with van der Waals surface area (Å²) >= 11 is 0. The Balaban J connectivity index is 1.32. The molecule has 1 saturated heterocycles. The number of carbonyl (C=O) groups is 2. The van der Waals surface area contributed by atoms with E-state index in [1.807, 2.05) is 30.3 Å². The van der Waals surface area contributed by atoms with Crippen molar-refractivity contribution in [1.29, 1.82) is 0 Å². The second kappa shape index (κ2) is 5.91. The van der Waals surface area contributed by atoms with E-state index >= 15 is 0 Å². The first kappa shape index (κ1) is 16.5. The van der Waals surface area contributed by atoms with Gasteiger partial charge in [-0.05, 0) is 80.8 Å². The molecular formula is C22H28N2O2. The van der Waals surface area contributed by atoms with Gasteiger partial charge in [-0.25, -0.2) is 4.90 Å². The second-order valence-corrected chi connectivity index (χ2v) is 9.33. The molecule has 138 valence electrons. The number of benzene rings is 1. The van der Waals surface area contributed by atoms with E-state index < -0.39 is 0 Å². The monoisotopic (exact) mass is 352 g/mol. The Labute approximate surface area is 155 Å². The van der Waals surface area contributed by atoms with Crippen molar-refractivity contribution in [2.45, 2.75) is 64.0 Å². The van der Waals surface area contributed by atoms with Gasteiger partial charge in [-0.3, -0.25) is 9.59 Å². The maximum Gasteiger partial charge on any atom is 0.251 e. The molecule has 4 aliphatic carbocycles. The van der Waals surface area contributed by atoms with Crippen molar-refractivity contribution < 1.29 is 9.59 Å². The molecule has 1 aliphatic heterocycles. The molecule has 0 aromatic heterocycles. The number of rotatable bonds is 4. The highest BCUT2D eigenvalue weighted by Gasteiger charge is 2.54. The molecule has 0 radical (unpaired) electrons. The summed E-state index contributed by atoms with van der Waals surface area (Å²) in [6.07, 6.45) is 8.49. The lowest BCUT2D eigenvalue weighted by Crippen LogP contribution is -2.57. The minimum atomic E-state index is -0.370. The summed E-state index contributed by atoms with van der Waals surface area (Å²) in [6, 6.07) is 9.24. The minimum absolute atomic E-state index is 0.0854. The molecule has 1 aromatic carbocycles. The van der Waals surface area contributed by atoms with E-state index in [0.717, 1.165) is 17.8 Å². The predicted octanol–water partition coefficient (Wildman–Crippen LogP) is 3.51. The van der Waals surface area contributed by atoms with Gasteiger partial charge in [0, 0.05) is 6.04 Å². The van der Waals surface area contributed by atoms with Crippen molar-refractivity contribution in [3.05, 3.63) is 30.3 Å². The van der Waals surface area contributed by atoms with Crippen molar-refractivity contribution in [3.63, 3.8) is 0 Å². The summed E-state index contributed by atoms with van der Waals surface area (Å²) in [5, 5.41) is 3.60. The fourth-order valence-electron chi connectivity index (χ4n) is 6.80. The van der Waals surface area contributed by atoms with Crippen LogP contribution in [0.1, 0.15) is 51.9 Å². The van der Waals surface area contributed by atoms with E-state index in [2.05, 4.69) is 12.2 Å². The summed E-state index contributed by atoms with van der Waals surface area (Å²) in [4.78, 5) is 26.8. The first-order valence-electron chi connectivity index (χ1n) is 10.2. The average molecular weight is 352 g/mol. The first-order chi connectivity index (χ1) is 12.5. The minimum Gasteiger partial charge on any atom is -0.302 e. The Kier molecular flexibility index (Phi) is 3.75. The molecule has 6 rings (SSSR count). The molecule has 4 heteroatoms. The van der Waals surface area contributed by atoms with E-state index in [9.17, 15) is 9.59 Å². The summed E-state index contributed by atoms with van der Waals surface area (Å²) in [7, 11) is 0. The molecule has 5 fully saturated rings. The van der Waals surface area contributed by atoms with Crippen LogP contribution in [0.2, 0.25) is 0 Å². The van der Waals surface area contributed by atoms with Crippen LogP contribution in [0, 0.1) is 23.2 Å². The summed E-state index contributed by atoms with van der Waals surface area (Å²) < 4.78 is 0. The molecule has 5 aliphatic rings. The quantitative estimate of drug-likeness (QED) is 0.844. The highest BCUT2D eigenvalue weighted by atomic mass is 16.2. The zero-order valence-electron chi connectivity index (χ0n) is 15.5. The van der Waals surface area contributed by atoms with Gasteiger partial charge in [0.2, 0.25) is 5.91 Å². The molecule has 4 saturated carbocycles. The SMILES string of the molecule is CC(NC1CC(=O)N(c2ccccc2)C1=O)C12CC3CC(CC(C3)C1)C2. The van der Waals surface area contributed by atoms with Crippen LogP contribution in [0.25, 0.3) is 0 Å². The zero-order chi connectivity index (χ0) is 17.9. The van der Waals surface area contributed by atoms with Crippen molar-refractivity contribution in [1.82, 2.24) is 5.32 Å². The lowest BCUT2D eigenvalue weighted by atomic mass is 9.48. The molecule has 4 nitrogen and oxygen atoms in total. The Morgan fingerprint density at radius 3 is 2.15 bits per heavy atom. The highest BCUT2D eigenvalue weighted by molar-refractivity contribution is 6.22. The number of hydrogen-bond acceptors (Lipinski definition) is 3. The van der Waals surface area contributed by atoms with Gasteiger partial charge in [0.05, 0.1) is 18.2 Å². The number of nitrogens with zero attached hydrogens (tertiary/aromatic N) is 1. The van der Waals surface area contributed by atoms with Gasteiger partial charge < -0.3 is 5.32 Å². The fraction of sp³-hybridized carbons (Fsp3) is 0.636. The van der Waals surface area contributed by atoms with Crippen LogP contribution in [0.5, 0.6) is 0 Å². The van der Waals surface area contributed by atoms with Crippen molar-refractivity contribution in [3.8, 4) is 0 Å². The lowest BCUT2D eigenvalue weighted by molar-refractivity contribution is -0.122. The van der Waals surface area contributed by atoms with E-state index in [1.165, 1.54) is 43.4 Å². The molecule has 1 aromatic rings. The summed E-state index contributed by atoms with van der Waals surface area (Å²) in [5.41, 5.74) is 1.03. The van der Waals surface area contributed by atoms with Crippen molar-refractivity contribution in [2.24, 2.45) is 23.2 Å².